The molecule has 0 aliphatic carbocycles. The average molecular weight is 378 g/mol. The second-order valence-corrected chi connectivity index (χ2v) is 7.34. The minimum atomic E-state index is -0.446. The van der Waals surface area contributed by atoms with Crippen molar-refractivity contribution in [3.8, 4) is 0 Å². The molecule has 2 atom stereocenters. The van der Waals surface area contributed by atoms with Gasteiger partial charge >= 0.3 is 0 Å². The van der Waals surface area contributed by atoms with Gasteiger partial charge in [0.1, 0.15) is 17.5 Å². The van der Waals surface area contributed by atoms with Crippen molar-refractivity contribution in [1.29, 1.82) is 0 Å². The molecule has 4 nitrogen and oxygen atoms in total. The number of anilines is 1. The Bertz CT molecular complexity index is 796. The van der Waals surface area contributed by atoms with Crippen LogP contribution in [0.5, 0.6) is 0 Å². The van der Waals surface area contributed by atoms with Gasteiger partial charge in [-0.05, 0) is 24.3 Å². The molecule has 2 unspecified atom stereocenters. The van der Waals surface area contributed by atoms with E-state index in [9.17, 15) is 13.6 Å². The van der Waals surface area contributed by atoms with Crippen LogP contribution in [0.3, 0.4) is 0 Å². The maximum absolute atomic E-state index is 13.9. The molecule has 4 rings (SSSR count). The number of carbonyl (C=O) groups excluding carboxylic acids is 1. The maximum atomic E-state index is 13.9. The molecule has 1 aromatic heterocycles. The molecule has 1 aromatic carbocycles. The fourth-order valence-electron chi connectivity index (χ4n) is 3.90. The molecule has 2 fully saturated rings. The van der Waals surface area contributed by atoms with Crippen molar-refractivity contribution in [2.24, 2.45) is 11.8 Å². The van der Waals surface area contributed by atoms with E-state index in [1.54, 1.807) is 17.0 Å². The standard InChI is InChI=1S/C19H18ClF2N3O/c20-16-2-1-3-17(22)15(16)6-19(26)25-10-12-8-24(9-13(12)11-25)18-5-4-14(21)7-23-18/h1-5,7,12-13H,6,8-11H2. The van der Waals surface area contributed by atoms with Gasteiger partial charge in [-0.1, -0.05) is 17.7 Å². The van der Waals surface area contributed by atoms with Crippen molar-refractivity contribution in [1.82, 2.24) is 9.88 Å². The fourth-order valence-corrected chi connectivity index (χ4v) is 4.13. The molecule has 0 bridgehead atoms. The van der Waals surface area contributed by atoms with Gasteiger partial charge < -0.3 is 9.80 Å². The normalized spacial score (nSPS) is 22.0. The van der Waals surface area contributed by atoms with Crippen molar-refractivity contribution >= 4 is 23.3 Å². The van der Waals surface area contributed by atoms with Crippen molar-refractivity contribution in [3.63, 3.8) is 0 Å². The van der Waals surface area contributed by atoms with Gasteiger partial charge in [0, 0.05) is 48.6 Å². The predicted molar refractivity (Wildman–Crippen MR) is 95.1 cm³/mol. The average Bonchev–Trinajstić information content (AvgIpc) is 3.18. The molecule has 0 radical (unpaired) electrons. The largest absolute Gasteiger partial charge is 0.356 e. The first-order chi connectivity index (χ1) is 12.5. The Morgan fingerprint density at radius 3 is 2.46 bits per heavy atom. The first-order valence-corrected chi connectivity index (χ1v) is 8.96. The quantitative estimate of drug-likeness (QED) is 0.824. The molecule has 2 saturated heterocycles. The lowest BCUT2D eigenvalue weighted by Crippen LogP contribution is -2.34. The Morgan fingerprint density at radius 1 is 1.12 bits per heavy atom. The Kier molecular flexibility index (Phi) is 4.53. The molecule has 26 heavy (non-hydrogen) atoms. The summed E-state index contributed by atoms with van der Waals surface area (Å²) in [5.74, 6) is 0.564. The number of aromatic nitrogens is 1. The minimum absolute atomic E-state index is 0.0197. The Labute approximate surface area is 155 Å². The van der Waals surface area contributed by atoms with Gasteiger partial charge in [0.15, 0.2) is 0 Å². The smallest absolute Gasteiger partial charge is 0.227 e. The number of rotatable bonds is 3. The van der Waals surface area contributed by atoms with E-state index in [0.29, 0.717) is 24.9 Å². The zero-order valence-corrected chi connectivity index (χ0v) is 14.8. The zero-order chi connectivity index (χ0) is 18.3. The molecule has 0 spiro atoms. The third-order valence-electron chi connectivity index (χ3n) is 5.26. The van der Waals surface area contributed by atoms with Crippen LogP contribution in [0.1, 0.15) is 5.56 Å². The van der Waals surface area contributed by atoms with E-state index in [1.165, 1.54) is 24.4 Å². The Hall–Kier alpha value is -2.21. The summed E-state index contributed by atoms with van der Waals surface area (Å²) < 4.78 is 26.9. The van der Waals surface area contributed by atoms with Crippen LogP contribution < -0.4 is 4.90 Å². The highest BCUT2D eigenvalue weighted by atomic mass is 35.5. The summed E-state index contributed by atoms with van der Waals surface area (Å²) in [6.07, 6.45) is 1.20. The first-order valence-electron chi connectivity index (χ1n) is 8.58. The third-order valence-corrected chi connectivity index (χ3v) is 5.62. The first kappa shape index (κ1) is 17.2. The second kappa shape index (κ2) is 6.83. The second-order valence-electron chi connectivity index (χ2n) is 6.94. The molecule has 0 saturated carbocycles. The fraction of sp³-hybridized carbons (Fsp3) is 0.368. The zero-order valence-electron chi connectivity index (χ0n) is 14.0. The van der Waals surface area contributed by atoms with Crippen molar-refractivity contribution < 1.29 is 13.6 Å². The third kappa shape index (κ3) is 3.26. The van der Waals surface area contributed by atoms with Gasteiger partial charge in [-0.2, -0.15) is 0 Å². The number of halogens is 3. The number of nitrogens with zero attached hydrogens (tertiary/aromatic N) is 3. The molecule has 2 aliphatic rings. The highest BCUT2D eigenvalue weighted by Crippen LogP contribution is 2.33. The van der Waals surface area contributed by atoms with Crippen LogP contribution in [0.25, 0.3) is 0 Å². The van der Waals surface area contributed by atoms with E-state index >= 15 is 0 Å². The summed E-state index contributed by atoms with van der Waals surface area (Å²) in [6, 6.07) is 7.54. The van der Waals surface area contributed by atoms with Gasteiger partial charge in [0.25, 0.3) is 0 Å². The van der Waals surface area contributed by atoms with Crippen LogP contribution in [0, 0.1) is 23.5 Å². The van der Waals surface area contributed by atoms with E-state index in [0.717, 1.165) is 18.9 Å². The van der Waals surface area contributed by atoms with Crippen molar-refractivity contribution in [2.75, 3.05) is 31.1 Å². The monoisotopic (exact) mass is 377 g/mol. The van der Waals surface area contributed by atoms with Crippen molar-refractivity contribution in [3.05, 3.63) is 58.7 Å². The minimum Gasteiger partial charge on any atom is -0.356 e. The highest BCUT2D eigenvalue weighted by molar-refractivity contribution is 6.31. The van der Waals surface area contributed by atoms with Gasteiger partial charge in [0.05, 0.1) is 12.6 Å². The molecule has 136 valence electrons. The molecule has 7 heteroatoms. The van der Waals surface area contributed by atoms with E-state index in [2.05, 4.69) is 9.88 Å². The number of amides is 1. The van der Waals surface area contributed by atoms with Gasteiger partial charge in [0.2, 0.25) is 5.91 Å². The molecule has 1 amide bonds. The van der Waals surface area contributed by atoms with E-state index in [1.807, 2.05) is 0 Å². The van der Waals surface area contributed by atoms with Crippen molar-refractivity contribution in [2.45, 2.75) is 6.42 Å². The van der Waals surface area contributed by atoms with E-state index < -0.39 is 5.82 Å². The SMILES string of the molecule is O=C(Cc1c(F)cccc1Cl)N1CC2CN(c3ccc(F)cn3)CC2C1. The summed E-state index contributed by atoms with van der Waals surface area (Å²) in [6.45, 7) is 2.86. The molecule has 2 aromatic rings. The lowest BCUT2D eigenvalue weighted by molar-refractivity contribution is -0.129. The maximum Gasteiger partial charge on any atom is 0.227 e. The lowest BCUT2D eigenvalue weighted by Gasteiger charge is -2.22. The summed E-state index contributed by atoms with van der Waals surface area (Å²) in [7, 11) is 0. The molecular weight excluding hydrogens is 360 g/mol. The van der Waals surface area contributed by atoms with Crippen LogP contribution in [-0.2, 0) is 11.2 Å². The summed E-state index contributed by atoms with van der Waals surface area (Å²) in [5.41, 5.74) is 0.258. The van der Waals surface area contributed by atoms with E-state index in [4.69, 9.17) is 11.6 Å². The molecule has 2 aliphatic heterocycles. The van der Waals surface area contributed by atoms with Gasteiger partial charge in [-0.3, -0.25) is 4.79 Å². The number of pyridine rings is 1. The summed E-state index contributed by atoms with van der Waals surface area (Å²) in [5, 5.41) is 0.284. The summed E-state index contributed by atoms with van der Waals surface area (Å²) in [4.78, 5) is 20.6. The Balaban J connectivity index is 1.38. The van der Waals surface area contributed by atoms with Crippen LogP contribution in [0.4, 0.5) is 14.6 Å². The van der Waals surface area contributed by atoms with Crippen LogP contribution in [0.15, 0.2) is 36.5 Å². The number of hydrogen-bond donors (Lipinski definition) is 0. The molecule has 0 N–H and O–H groups in total. The molecular formula is C19H18ClF2N3O. The number of benzene rings is 1. The lowest BCUT2D eigenvalue weighted by atomic mass is 10.0. The van der Waals surface area contributed by atoms with Gasteiger partial charge in [-0.25, -0.2) is 13.8 Å². The summed E-state index contributed by atoms with van der Waals surface area (Å²) >= 11 is 6.02. The Morgan fingerprint density at radius 2 is 1.85 bits per heavy atom. The van der Waals surface area contributed by atoms with Gasteiger partial charge in [-0.15, -0.1) is 0 Å². The molecule has 3 heterocycles. The van der Waals surface area contributed by atoms with Crippen LogP contribution >= 0.6 is 11.6 Å². The van der Waals surface area contributed by atoms with Crippen LogP contribution in [0.2, 0.25) is 5.02 Å². The van der Waals surface area contributed by atoms with E-state index in [-0.39, 0.29) is 28.7 Å². The number of carbonyl (C=O) groups is 1. The topological polar surface area (TPSA) is 36.4 Å². The predicted octanol–water partition coefficient (Wildman–Crippen LogP) is 3.15. The van der Waals surface area contributed by atoms with Crippen LogP contribution in [-0.4, -0.2) is 42.0 Å². The number of fused-ring (bicyclic) bond motifs is 1. The number of likely N-dealkylation sites (tertiary alicyclic amines) is 1. The highest BCUT2D eigenvalue weighted by Gasteiger charge is 2.42. The number of hydrogen-bond acceptors (Lipinski definition) is 3.